The van der Waals surface area contributed by atoms with Gasteiger partial charge in [-0.3, -0.25) is 14.4 Å². The number of anilines is 2. The van der Waals surface area contributed by atoms with Gasteiger partial charge < -0.3 is 5.11 Å². The second-order valence-electron chi connectivity index (χ2n) is 7.18. The van der Waals surface area contributed by atoms with Crippen molar-refractivity contribution in [2.75, 3.05) is 9.96 Å². The highest BCUT2D eigenvalue weighted by molar-refractivity contribution is 6.36. The third kappa shape index (κ3) is 2.76. The van der Waals surface area contributed by atoms with E-state index in [0.29, 0.717) is 22.0 Å². The molecule has 5 rings (SSSR count). The summed E-state index contributed by atoms with van der Waals surface area (Å²) in [7, 11) is 0. The quantitative estimate of drug-likeness (QED) is 0.646. The number of hydrogen-bond donors (Lipinski definition) is 1. The number of phenolic OH excluding ortho intramolecular Hbond substituents is 1. The van der Waals surface area contributed by atoms with Crippen molar-refractivity contribution >= 4 is 34.8 Å². The van der Waals surface area contributed by atoms with E-state index in [1.807, 2.05) is 30.3 Å². The van der Waals surface area contributed by atoms with Gasteiger partial charge in [0.2, 0.25) is 5.91 Å². The summed E-state index contributed by atoms with van der Waals surface area (Å²) in [6.45, 7) is 0. The Morgan fingerprint density at radius 3 is 2.23 bits per heavy atom. The third-order valence-electron chi connectivity index (χ3n) is 5.47. The van der Waals surface area contributed by atoms with Crippen LogP contribution >= 0.6 is 11.6 Å². The first-order valence-electron chi connectivity index (χ1n) is 9.49. The van der Waals surface area contributed by atoms with Gasteiger partial charge in [-0.15, -0.1) is 0 Å². The van der Waals surface area contributed by atoms with Gasteiger partial charge >= 0.3 is 0 Å². The van der Waals surface area contributed by atoms with Crippen LogP contribution in [0.2, 0.25) is 5.02 Å². The Labute approximate surface area is 177 Å². The molecule has 0 aliphatic carbocycles. The van der Waals surface area contributed by atoms with Crippen molar-refractivity contribution in [1.82, 2.24) is 0 Å². The lowest BCUT2D eigenvalue weighted by Crippen LogP contribution is -2.37. The van der Waals surface area contributed by atoms with Gasteiger partial charge in [0.15, 0.2) is 6.10 Å². The van der Waals surface area contributed by atoms with E-state index in [0.717, 1.165) is 4.90 Å². The summed E-state index contributed by atoms with van der Waals surface area (Å²) < 4.78 is 0. The maximum Gasteiger partial charge on any atom is 0.266 e. The van der Waals surface area contributed by atoms with Gasteiger partial charge in [0.05, 0.1) is 22.4 Å². The van der Waals surface area contributed by atoms with Crippen molar-refractivity contribution in [1.29, 1.82) is 0 Å². The van der Waals surface area contributed by atoms with E-state index in [2.05, 4.69) is 0 Å². The first kappa shape index (κ1) is 18.7. The highest BCUT2D eigenvalue weighted by Gasteiger charge is 2.60. The van der Waals surface area contributed by atoms with Gasteiger partial charge in [-0.1, -0.05) is 60.1 Å². The van der Waals surface area contributed by atoms with Crippen LogP contribution in [-0.4, -0.2) is 23.0 Å². The number of amides is 2. The van der Waals surface area contributed by atoms with Crippen LogP contribution in [0.5, 0.6) is 5.75 Å². The van der Waals surface area contributed by atoms with Crippen molar-refractivity contribution < 1.29 is 19.5 Å². The molecule has 2 fully saturated rings. The number of hydroxylamine groups is 1. The number of para-hydroxylation sites is 3. The Balaban J connectivity index is 1.62. The molecule has 3 aromatic rings. The Bertz CT molecular complexity index is 1140. The van der Waals surface area contributed by atoms with Crippen molar-refractivity contribution in [3.05, 3.63) is 89.4 Å². The minimum absolute atomic E-state index is 0.0316. The lowest BCUT2D eigenvalue weighted by atomic mass is 9.90. The average molecular weight is 421 g/mol. The van der Waals surface area contributed by atoms with E-state index < -0.39 is 29.9 Å². The minimum Gasteiger partial charge on any atom is -0.508 e. The monoisotopic (exact) mass is 420 g/mol. The molecular formula is C23H17ClN2O4. The zero-order valence-corrected chi connectivity index (χ0v) is 16.4. The Morgan fingerprint density at radius 2 is 1.50 bits per heavy atom. The molecule has 0 unspecified atom stereocenters. The Morgan fingerprint density at radius 1 is 0.833 bits per heavy atom. The average Bonchev–Trinajstić information content (AvgIpc) is 3.26. The number of phenols is 1. The van der Waals surface area contributed by atoms with Crippen LogP contribution in [0, 0.1) is 5.92 Å². The lowest BCUT2D eigenvalue weighted by Gasteiger charge is -2.29. The van der Waals surface area contributed by atoms with E-state index in [4.69, 9.17) is 16.4 Å². The molecule has 6 nitrogen and oxygen atoms in total. The van der Waals surface area contributed by atoms with Gasteiger partial charge in [-0.25, -0.2) is 9.96 Å². The fraction of sp³-hybridized carbons (Fsp3) is 0.130. The first-order valence-corrected chi connectivity index (χ1v) is 9.87. The number of imide groups is 1. The number of benzene rings is 3. The topological polar surface area (TPSA) is 70.1 Å². The SMILES string of the molecule is O=C1[C@@H]2[C@@H](c3ccccc3O)N(c3ccccc3)O[C@H]2C(=O)N1c1ccccc1Cl. The first-order chi connectivity index (χ1) is 14.6. The molecule has 2 aliphatic rings. The molecule has 2 heterocycles. The smallest absolute Gasteiger partial charge is 0.266 e. The predicted molar refractivity (Wildman–Crippen MR) is 112 cm³/mol. The summed E-state index contributed by atoms with van der Waals surface area (Å²) in [5.74, 6) is -1.69. The van der Waals surface area contributed by atoms with Crippen LogP contribution in [0.1, 0.15) is 11.6 Å². The second-order valence-corrected chi connectivity index (χ2v) is 7.59. The molecule has 2 aliphatic heterocycles. The maximum absolute atomic E-state index is 13.5. The number of carbonyl (C=O) groups is 2. The molecule has 0 saturated carbocycles. The number of nitrogens with zero attached hydrogens (tertiary/aromatic N) is 2. The number of aromatic hydroxyl groups is 1. The fourth-order valence-electron chi connectivity index (χ4n) is 4.14. The van der Waals surface area contributed by atoms with Crippen molar-refractivity contribution in [3.63, 3.8) is 0 Å². The van der Waals surface area contributed by atoms with Gasteiger partial charge in [0.1, 0.15) is 11.7 Å². The van der Waals surface area contributed by atoms with Crippen molar-refractivity contribution in [2.24, 2.45) is 5.92 Å². The molecule has 0 bridgehead atoms. The number of hydrogen-bond acceptors (Lipinski definition) is 5. The van der Waals surface area contributed by atoms with E-state index in [-0.39, 0.29) is 5.75 Å². The molecule has 0 radical (unpaired) electrons. The van der Waals surface area contributed by atoms with Gasteiger partial charge in [0.25, 0.3) is 5.91 Å². The number of rotatable bonds is 3. The summed E-state index contributed by atoms with van der Waals surface area (Å²) in [5, 5.41) is 12.4. The maximum atomic E-state index is 13.5. The fourth-order valence-corrected chi connectivity index (χ4v) is 4.36. The molecule has 150 valence electrons. The standard InChI is InChI=1S/C23H17ClN2O4/c24-16-11-5-6-12-17(16)25-22(28)19-20(15-10-4-7-13-18(15)27)26(30-21(19)23(25)29)14-8-2-1-3-9-14/h1-13,19-21,27H/t19-,20-,21-/m1/s1. The molecule has 30 heavy (non-hydrogen) atoms. The van der Waals surface area contributed by atoms with Crippen LogP contribution in [0.4, 0.5) is 11.4 Å². The Kier molecular flexibility index (Phi) is 4.46. The molecule has 3 atom stereocenters. The van der Waals surface area contributed by atoms with E-state index in [9.17, 15) is 14.7 Å². The summed E-state index contributed by atoms with van der Waals surface area (Å²) in [6, 6.07) is 22.0. The molecular weight excluding hydrogens is 404 g/mol. The van der Waals surface area contributed by atoms with Gasteiger partial charge in [0, 0.05) is 5.56 Å². The molecule has 2 amide bonds. The van der Waals surface area contributed by atoms with Crippen molar-refractivity contribution in [3.8, 4) is 5.75 Å². The molecule has 1 N–H and O–H groups in total. The Hall–Kier alpha value is -3.35. The largest absolute Gasteiger partial charge is 0.508 e. The van der Waals surface area contributed by atoms with E-state index >= 15 is 0 Å². The van der Waals surface area contributed by atoms with E-state index in [1.165, 1.54) is 0 Å². The molecule has 0 aromatic heterocycles. The minimum atomic E-state index is -1.02. The van der Waals surface area contributed by atoms with E-state index in [1.54, 1.807) is 53.6 Å². The third-order valence-corrected chi connectivity index (χ3v) is 5.79. The second kappa shape index (κ2) is 7.16. The molecule has 0 spiro atoms. The van der Waals surface area contributed by atoms with Gasteiger partial charge in [-0.05, 0) is 30.3 Å². The zero-order valence-electron chi connectivity index (χ0n) is 15.7. The van der Waals surface area contributed by atoms with Crippen LogP contribution in [-0.2, 0) is 14.4 Å². The normalized spacial score (nSPS) is 23.2. The zero-order chi connectivity index (χ0) is 20.8. The highest BCUT2D eigenvalue weighted by Crippen LogP contribution is 2.49. The summed E-state index contributed by atoms with van der Waals surface area (Å²) >= 11 is 6.26. The summed E-state index contributed by atoms with van der Waals surface area (Å²) in [5.41, 5.74) is 1.52. The van der Waals surface area contributed by atoms with Gasteiger partial charge in [-0.2, -0.15) is 0 Å². The predicted octanol–water partition coefficient (Wildman–Crippen LogP) is 4.10. The van der Waals surface area contributed by atoms with Crippen molar-refractivity contribution in [2.45, 2.75) is 12.1 Å². The van der Waals surface area contributed by atoms with Crippen LogP contribution in [0.25, 0.3) is 0 Å². The molecule has 3 aromatic carbocycles. The molecule has 7 heteroatoms. The van der Waals surface area contributed by atoms with Crippen LogP contribution in [0.15, 0.2) is 78.9 Å². The summed E-state index contributed by atoms with van der Waals surface area (Å²) in [4.78, 5) is 33.8. The lowest BCUT2D eigenvalue weighted by molar-refractivity contribution is -0.126. The number of halogens is 1. The summed E-state index contributed by atoms with van der Waals surface area (Å²) in [6.07, 6.45) is -1.02. The van der Waals surface area contributed by atoms with Crippen LogP contribution < -0.4 is 9.96 Å². The van der Waals surface area contributed by atoms with Crippen LogP contribution in [0.3, 0.4) is 0 Å². The number of fused-ring (bicyclic) bond motifs is 1. The number of carbonyl (C=O) groups excluding carboxylic acids is 2. The molecule has 2 saturated heterocycles. The highest BCUT2D eigenvalue weighted by atomic mass is 35.5.